The number of carboxylic acids is 1. The molecule has 1 atom stereocenters. The summed E-state index contributed by atoms with van der Waals surface area (Å²) in [4.78, 5) is 10.8. The van der Waals surface area contributed by atoms with Gasteiger partial charge in [0.1, 0.15) is 17.1 Å². The molecule has 0 spiro atoms. The normalized spacial score (nSPS) is 12.1. The molecule has 0 fully saturated rings. The average molecular weight is 278 g/mol. The van der Waals surface area contributed by atoms with Crippen LogP contribution in [0.3, 0.4) is 0 Å². The van der Waals surface area contributed by atoms with E-state index in [0.29, 0.717) is 6.42 Å². The summed E-state index contributed by atoms with van der Waals surface area (Å²) in [6.45, 7) is 3.88. The number of benzene rings is 1. The van der Waals surface area contributed by atoms with E-state index in [2.05, 4.69) is 0 Å². The van der Waals surface area contributed by atoms with Crippen LogP contribution in [0.25, 0.3) is 0 Å². The SMILES string of the molecule is CC(C)C[C@H](N)c1cc(F)cc(C(=O)O)c1O.Cl. The summed E-state index contributed by atoms with van der Waals surface area (Å²) in [6.07, 6.45) is 0.538. The van der Waals surface area contributed by atoms with Crippen LogP contribution in [0, 0.1) is 11.7 Å². The highest BCUT2D eigenvalue weighted by molar-refractivity contribution is 5.91. The van der Waals surface area contributed by atoms with Crippen molar-refractivity contribution in [2.75, 3.05) is 0 Å². The van der Waals surface area contributed by atoms with Crippen LogP contribution in [0.15, 0.2) is 12.1 Å². The van der Waals surface area contributed by atoms with Gasteiger partial charge in [0.15, 0.2) is 0 Å². The molecule has 0 aromatic heterocycles. The van der Waals surface area contributed by atoms with Crippen LogP contribution in [0.1, 0.15) is 42.2 Å². The molecule has 0 aliphatic heterocycles. The average Bonchev–Trinajstić information content (AvgIpc) is 2.19. The van der Waals surface area contributed by atoms with Gasteiger partial charge in [-0.3, -0.25) is 0 Å². The molecule has 1 aromatic carbocycles. The molecule has 18 heavy (non-hydrogen) atoms. The van der Waals surface area contributed by atoms with E-state index in [-0.39, 0.29) is 23.9 Å². The van der Waals surface area contributed by atoms with E-state index >= 15 is 0 Å². The van der Waals surface area contributed by atoms with E-state index in [9.17, 15) is 14.3 Å². The van der Waals surface area contributed by atoms with Gasteiger partial charge in [0.2, 0.25) is 0 Å². The maximum atomic E-state index is 13.2. The lowest BCUT2D eigenvalue weighted by atomic mass is 9.95. The molecule has 0 bridgehead atoms. The minimum atomic E-state index is -1.38. The number of aromatic carboxylic acids is 1. The maximum absolute atomic E-state index is 13.2. The van der Waals surface area contributed by atoms with Crippen LogP contribution in [0.2, 0.25) is 0 Å². The molecule has 102 valence electrons. The van der Waals surface area contributed by atoms with Gasteiger partial charge in [-0.15, -0.1) is 12.4 Å². The van der Waals surface area contributed by atoms with Crippen molar-refractivity contribution >= 4 is 18.4 Å². The molecule has 4 N–H and O–H groups in total. The molecule has 0 saturated heterocycles. The first-order valence-corrected chi connectivity index (χ1v) is 5.34. The minimum absolute atomic E-state index is 0. The van der Waals surface area contributed by atoms with Gasteiger partial charge in [-0.25, -0.2) is 9.18 Å². The molecule has 0 aliphatic carbocycles. The Morgan fingerprint density at radius 2 is 2.00 bits per heavy atom. The number of hydrogen-bond acceptors (Lipinski definition) is 3. The molecule has 0 radical (unpaired) electrons. The highest BCUT2D eigenvalue weighted by atomic mass is 35.5. The van der Waals surface area contributed by atoms with Crippen LogP contribution in [-0.4, -0.2) is 16.2 Å². The molecule has 1 aromatic rings. The van der Waals surface area contributed by atoms with Gasteiger partial charge < -0.3 is 15.9 Å². The number of phenols is 1. The summed E-state index contributed by atoms with van der Waals surface area (Å²) in [5, 5.41) is 18.6. The lowest BCUT2D eigenvalue weighted by Gasteiger charge is -2.17. The summed E-state index contributed by atoms with van der Waals surface area (Å²) in [5.74, 6) is -2.28. The second kappa shape index (κ2) is 6.56. The Bertz CT molecular complexity index is 438. The lowest BCUT2D eigenvalue weighted by Crippen LogP contribution is -2.14. The van der Waals surface area contributed by atoms with E-state index < -0.39 is 29.1 Å². The van der Waals surface area contributed by atoms with Gasteiger partial charge in [0.05, 0.1) is 0 Å². The molecule has 0 saturated carbocycles. The lowest BCUT2D eigenvalue weighted by molar-refractivity contribution is 0.0693. The quantitative estimate of drug-likeness (QED) is 0.790. The molecular weight excluding hydrogens is 261 g/mol. The predicted molar refractivity (Wildman–Crippen MR) is 68.7 cm³/mol. The van der Waals surface area contributed by atoms with Crippen LogP contribution in [0.4, 0.5) is 4.39 Å². The number of aromatic hydroxyl groups is 1. The Kier molecular flexibility index (Phi) is 6.08. The van der Waals surface area contributed by atoms with Crippen LogP contribution >= 0.6 is 12.4 Å². The van der Waals surface area contributed by atoms with Gasteiger partial charge >= 0.3 is 5.97 Å². The van der Waals surface area contributed by atoms with Crippen molar-refractivity contribution < 1.29 is 19.4 Å². The van der Waals surface area contributed by atoms with Crippen molar-refractivity contribution in [1.82, 2.24) is 0 Å². The number of halogens is 2. The zero-order chi connectivity index (χ0) is 13.2. The van der Waals surface area contributed by atoms with E-state index in [1.807, 2.05) is 13.8 Å². The number of hydrogen-bond donors (Lipinski definition) is 3. The molecule has 0 unspecified atom stereocenters. The van der Waals surface area contributed by atoms with E-state index in [0.717, 1.165) is 12.1 Å². The molecule has 0 amide bonds. The first-order chi connectivity index (χ1) is 7.82. The number of carbonyl (C=O) groups is 1. The Morgan fingerprint density at radius 3 is 2.44 bits per heavy atom. The van der Waals surface area contributed by atoms with Gasteiger partial charge in [0.25, 0.3) is 0 Å². The van der Waals surface area contributed by atoms with Crippen LogP contribution < -0.4 is 5.73 Å². The Hall–Kier alpha value is -1.33. The van der Waals surface area contributed by atoms with Crippen molar-refractivity contribution in [2.24, 2.45) is 11.7 Å². The van der Waals surface area contributed by atoms with Gasteiger partial charge in [-0.1, -0.05) is 13.8 Å². The zero-order valence-electron chi connectivity index (χ0n) is 10.2. The molecule has 0 aliphatic rings. The standard InChI is InChI=1S/C12H16FNO3.ClH/c1-6(2)3-10(14)8-4-7(13)5-9(11(8)15)12(16)17;/h4-6,10,15H,3,14H2,1-2H3,(H,16,17);1H/t10-;/m0./s1. The van der Waals surface area contributed by atoms with Crippen molar-refractivity contribution in [3.63, 3.8) is 0 Å². The van der Waals surface area contributed by atoms with Gasteiger partial charge in [-0.2, -0.15) is 0 Å². The zero-order valence-corrected chi connectivity index (χ0v) is 11.0. The first-order valence-electron chi connectivity index (χ1n) is 5.34. The van der Waals surface area contributed by atoms with Gasteiger partial charge in [-0.05, 0) is 24.5 Å². The Morgan fingerprint density at radius 1 is 1.44 bits per heavy atom. The smallest absolute Gasteiger partial charge is 0.339 e. The van der Waals surface area contributed by atoms with Gasteiger partial charge in [0, 0.05) is 11.6 Å². The highest BCUT2D eigenvalue weighted by Gasteiger charge is 2.20. The summed E-state index contributed by atoms with van der Waals surface area (Å²) >= 11 is 0. The number of nitrogens with two attached hydrogens (primary N) is 1. The fourth-order valence-corrected chi connectivity index (χ4v) is 1.70. The molecule has 4 nitrogen and oxygen atoms in total. The topological polar surface area (TPSA) is 83.6 Å². The second-order valence-corrected chi connectivity index (χ2v) is 4.43. The Labute approximate surface area is 111 Å². The van der Waals surface area contributed by atoms with Crippen molar-refractivity contribution in [2.45, 2.75) is 26.3 Å². The maximum Gasteiger partial charge on any atom is 0.339 e. The van der Waals surface area contributed by atoms with Crippen molar-refractivity contribution in [1.29, 1.82) is 0 Å². The van der Waals surface area contributed by atoms with E-state index in [4.69, 9.17) is 10.8 Å². The summed E-state index contributed by atoms with van der Waals surface area (Å²) in [5.41, 5.74) is 5.49. The summed E-state index contributed by atoms with van der Waals surface area (Å²) < 4.78 is 13.2. The highest BCUT2D eigenvalue weighted by Crippen LogP contribution is 2.31. The largest absolute Gasteiger partial charge is 0.507 e. The summed E-state index contributed by atoms with van der Waals surface area (Å²) in [6, 6.07) is 1.28. The third-order valence-electron chi connectivity index (χ3n) is 2.46. The molecule has 0 heterocycles. The number of carboxylic acid groups (broad SMARTS) is 1. The van der Waals surface area contributed by atoms with Crippen molar-refractivity contribution in [3.05, 3.63) is 29.1 Å². The van der Waals surface area contributed by atoms with Crippen LogP contribution in [-0.2, 0) is 0 Å². The summed E-state index contributed by atoms with van der Waals surface area (Å²) in [7, 11) is 0. The fourth-order valence-electron chi connectivity index (χ4n) is 1.70. The molecular formula is C12H17ClFNO3. The third-order valence-corrected chi connectivity index (χ3v) is 2.46. The predicted octanol–water partition coefficient (Wildman–Crippen LogP) is 2.70. The minimum Gasteiger partial charge on any atom is -0.507 e. The van der Waals surface area contributed by atoms with E-state index in [1.54, 1.807) is 0 Å². The first kappa shape index (κ1) is 16.7. The Balaban J connectivity index is 0.00000289. The fraction of sp³-hybridized carbons (Fsp3) is 0.417. The molecule has 1 rings (SSSR count). The second-order valence-electron chi connectivity index (χ2n) is 4.43. The van der Waals surface area contributed by atoms with E-state index in [1.165, 1.54) is 0 Å². The van der Waals surface area contributed by atoms with Crippen molar-refractivity contribution in [3.8, 4) is 5.75 Å². The monoisotopic (exact) mass is 277 g/mol. The number of rotatable bonds is 4. The third kappa shape index (κ3) is 3.85. The molecule has 6 heteroatoms. The van der Waals surface area contributed by atoms with Crippen LogP contribution in [0.5, 0.6) is 5.75 Å².